The Morgan fingerprint density at radius 2 is 0.805 bits per heavy atom. The van der Waals surface area contributed by atoms with Crippen LogP contribution < -0.4 is 0 Å². The zero-order chi connectivity index (χ0) is 27.7. The van der Waals surface area contributed by atoms with Gasteiger partial charge in [0.15, 0.2) is 0 Å². The SMILES string of the molecule is Cc1ccc(-c2c(-c3ccc(C)cc3)c3ccc4ccc5ccccc5c4c3c3c2ccc2cccc(C)c23)cc1. The second-order valence-electron chi connectivity index (χ2n) is 11.5. The average molecular weight is 523 g/mol. The van der Waals surface area contributed by atoms with Crippen molar-refractivity contribution in [3.8, 4) is 22.3 Å². The molecule has 0 aromatic heterocycles. The summed E-state index contributed by atoms with van der Waals surface area (Å²) in [6.45, 7) is 6.59. The van der Waals surface area contributed by atoms with Crippen molar-refractivity contribution in [3.05, 3.63) is 144 Å². The van der Waals surface area contributed by atoms with Crippen LogP contribution in [0.2, 0.25) is 0 Å². The van der Waals surface area contributed by atoms with Crippen LogP contribution in [0.5, 0.6) is 0 Å². The van der Waals surface area contributed by atoms with Crippen LogP contribution in [0.15, 0.2) is 127 Å². The van der Waals surface area contributed by atoms with Gasteiger partial charge in [0.05, 0.1) is 0 Å². The van der Waals surface area contributed by atoms with Gasteiger partial charge < -0.3 is 0 Å². The van der Waals surface area contributed by atoms with Gasteiger partial charge in [-0.1, -0.05) is 139 Å². The Morgan fingerprint density at radius 1 is 0.317 bits per heavy atom. The monoisotopic (exact) mass is 522 g/mol. The van der Waals surface area contributed by atoms with Gasteiger partial charge >= 0.3 is 0 Å². The maximum Gasteiger partial charge on any atom is -0.000753 e. The van der Waals surface area contributed by atoms with Gasteiger partial charge in [-0.15, -0.1) is 0 Å². The van der Waals surface area contributed by atoms with E-state index in [1.54, 1.807) is 0 Å². The highest BCUT2D eigenvalue weighted by Gasteiger charge is 2.22. The quantitative estimate of drug-likeness (QED) is 0.198. The van der Waals surface area contributed by atoms with Crippen molar-refractivity contribution in [1.82, 2.24) is 0 Å². The molecule has 0 nitrogen and oxygen atoms in total. The zero-order valence-electron chi connectivity index (χ0n) is 23.6. The molecule has 194 valence electrons. The minimum absolute atomic E-state index is 1.25. The zero-order valence-corrected chi connectivity index (χ0v) is 23.6. The van der Waals surface area contributed by atoms with Crippen molar-refractivity contribution in [3.63, 3.8) is 0 Å². The van der Waals surface area contributed by atoms with E-state index < -0.39 is 0 Å². The third-order valence-corrected chi connectivity index (χ3v) is 8.88. The lowest BCUT2D eigenvalue weighted by Crippen LogP contribution is -1.95. The Hall–Kier alpha value is -4.94. The fraction of sp³-hybridized carbons (Fsp3) is 0.0732. The van der Waals surface area contributed by atoms with E-state index in [1.165, 1.54) is 92.8 Å². The Kier molecular flexibility index (Phi) is 5.27. The van der Waals surface area contributed by atoms with Gasteiger partial charge in [-0.3, -0.25) is 0 Å². The number of fused-ring (bicyclic) bond motifs is 9. The summed E-state index contributed by atoms with van der Waals surface area (Å²) in [6, 6.07) is 47.6. The van der Waals surface area contributed by atoms with Crippen LogP contribution in [0.25, 0.3) is 76.1 Å². The second kappa shape index (κ2) is 9.04. The number of hydrogen-bond donors (Lipinski definition) is 0. The summed E-state index contributed by atoms with van der Waals surface area (Å²) in [5.74, 6) is 0. The third-order valence-electron chi connectivity index (χ3n) is 8.88. The number of rotatable bonds is 2. The highest BCUT2D eigenvalue weighted by atomic mass is 14.2. The van der Waals surface area contributed by atoms with Gasteiger partial charge in [0.25, 0.3) is 0 Å². The number of benzene rings is 8. The first-order valence-corrected chi connectivity index (χ1v) is 14.4. The summed E-state index contributed by atoms with van der Waals surface area (Å²) >= 11 is 0. The van der Waals surface area contributed by atoms with Crippen LogP contribution in [0.4, 0.5) is 0 Å². The number of aryl methyl sites for hydroxylation is 3. The smallest absolute Gasteiger partial charge is 0.000753 e. The van der Waals surface area contributed by atoms with E-state index in [-0.39, 0.29) is 0 Å². The van der Waals surface area contributed by atoms with Gasteiger partial charge in [-0.2, -0.15) is 0 Å². The van der Waals surface area contributed by atoms with E-state index in [0.29, 0.717) is 0 Å². The third kappa shape index (κ3) is 3.61. The highest BCUT2D eigenvalue weighted by molar-refractivity contribution is 6.37. The summed E-state index contributed by atoms with van der Waals surface area (Å²) < 4.78 is 0. The summed E-state index contributed by atoms with van der Waals surface area (Å²) in [7, 11) is 0. The van der Waals surface area contributed by atoms with Crippen LogP contribution in [-0.2, 0) is 0 Å². The maximum atomic E-state index is 2.37. The van der Waals surface area contributed by atoms with Gasteiger partial charge in [-0.05, 0) is 102 Å². The van der Waals surface area contributed by atoms with Crippen LogP contribution in [0.1, 0.15) is 16.7 Å². The molecule has 0 amide bonds. The van der Waals surface area contributed by atoms with Gasteiger partial charge in [-0.25, -0.2) is 0 Å². The van der Waals surface area contributed by atoms with E-state index in [9.17, 15) is 0 Å². The normalized spacial score (nSPS) is 11.8. The van der Waals surface area contributed by atoms with Crippen LogP contribution in [-0.4, -0.2) is 0 Å². The first kappa shape index (κ1) is 23.9. The molecule has 8 aromatic rings. The molecule has 0 aliphatic heterocycles. The van der Waals surface area contributed by atoms with Crippen molar-refractivity contribution in [2.75, 3.05) is 0 Å². The Bertz CT molecular complexity index is 2300. The second-order valence-corrected chi connectivity index (χ2v) is 11.5. The fourth-order valence-electron chi connectivity index (χ4n) is 6.90. The van der Waals surface area contributed by atoms with Crippen LogP contribution in [0, 0.1) is 20.8 Å². The molecule has 0 fully saturated rings. The van der Waals surface area contributed by atoms with E-state index in [4.69, 9.17) is 0 Å². The molecule has 0 heterocycles. The molecule has 0 aliphatic carbocycles. The van der Waals surface area contributed by atoms with Crippen molar-refractivity contribution >= 4 is 53.9 Å². The maximum absolute atomic E-state index is 2.37. The van der Waals surface area contributed by atoms with Crippen LogP contribution in [0.3, 0.4) is 0 Å². The summed E-state index contributed by atoms with van der Waals surface area (Å²) in [6.07, 6.45) is 0. The summed E-state index contributed by atoms with van der Waals surface area (Å²) in [5.41, 5.74) is 8.97. The van der Waals surface area contributed by atoms with Gasteiger partial charge in [0.2, 0.25) is 0 Å². The fourth-order valence-corrected chi connectivity index (χ4v) is 6.90. The lowest BCUT2D eigenvalue weighted by molar-refractivity contribution is 1.46. The van der Waals surface area contributed by atoms with Gasteiger partial charge in [0, 0.05) is 0 Å². The van der Waals surface area contributed by atoms with Crippen molar-refractivity contribution in [1.29, 1.82) is 0 Å². The molecule has 0 saturated carbocycles. The highest BCUT2D eigenvalue weighted by Crippen LogP contribution is 2.49. The topological polar surface area (TPSA) is 0 Å². The Morgan fingerprint density at radius 3 is 1.44 bits per heavy atom. The van der Waals surface area contributed by atoms with Gasteiger partial charge in [0.1, 0.15) is 0 Å². The van der Waals surface area contributed by atoms with Crippen LogP contribution >= 0.6 is 0 Å². The molecule has 0 bridgehead atoms. The Balaban J connectivity index is 1.74. The lowest BCUT2D eigenvalue weighted by atomic mass is 9.81. The molecule has 0 spiro atoms. The molecule has 8 rings (SSSR count). The molecule has 0 saturated heterocycles. The van der Waals surface area contributed by atoms with Crippen molar-refractivity contribution < 1.29 is 0 Å². The Labute approximate surface area is 240 Å². The molecule has 0 unspecified atom stereocenters. The molecule has 0 atom stereocenters. The molecule has 0 heteroatoms. The van der Waals surface area contributed by atoms with E-state index in [1.807, 2.05) is 0 Å². The molecule has 0 N–H and O–H groups in total. The first-order valence-electron chi connectivity index (χ1n) is 14.4. The molecule has 0 radical (unpaired) electrons. The molecule has 0 aliphatic rings. The molecular formula is C41H30. The van der Waals surface area contributed by atoms with E-state index in [2.05, 4.69) is 148 Å². The van der Waals surface area contributed by atoms with E-state index >= 15 is 0 Å². The lowest BCUT2D eigenvalue weighted by Gasteiger charge is -2.22. The largest absolute Gasteiger partial charge is 0.0616 e. The molecule has 8 aromatic carbocycles. The standard InChI is InChI=1S/C41H30/c1-25-11-15-30(16-12-25)38-34-23-21-29-9-6-7-27(3)36(29)40(34)41-35(39(38)31-17-13-26(2)14-18-31)24-22-32-20-19-28-8-4-5-10-33(28)37(32)41/h4-24H,1-3H3. The number of hydrogen-bond acceptors (Lipinski definition) is 0. The first-order chi connectivity index (χ1) is 20.1. The average Bonchev–Trinajstić information content (AvgIpc) is 3.00. The summed E-state index contributed by atoms with van der Waals surface area (Å²) in [4.78, 5) is 0. The minimum Gasteiger partial charge on any atom is -0.0616 e. The predicted octanol–water partition coefficient (Wildman–Crippen LogP) is 11.7. The van der Waals surface area contributed by atoms with E-state index in [0.717, 1.165) is 0 Å². The van der Waals surface area contributed by atoms with Crippen molar-refractivity contribution in [2.45, 2.75) is 20.8 Å². The predicted molar refractivity (Wildman–Crippen MR) is 179 cm³/mol. The molecule has 41 heavy (non-hydrogen) atoms. The summed E-state index contributed by atoms with van der Waals surface area (Å²) in [5, 5.41) is 13.1. The van der Waals surface area contributed by atoms with Crippen molar-refractivity contribution in [2.24, 2.45) is 0 Å². The molecular weight excluding hydrogens is 492 g/mol. The minimum atomic E-state index is 1.25.